The fraction of sp³-hybridized carbons (Fsp3) is 0.304. The number of nitrogens with zero attached hydrogens (tertiary/aromatic N) is 2. The molecule has 4 rings (SSSR count). The molecule has 0 saturated heterocycles. The van der Waals surface area contributed by atoms with Crippen LogP contribution < -0.4 is 15.4 Å². The molecule has 0 saturated carbocycles. The van der Waals surface area contributed by atoms with Crippen LogP contribution in [-0.2, 0) is 32.1 Å². The highest BCUT2D eigenvalue weighted by molar-refractivity contribution is 6.09. The Morgan fingerprint density at radius 3 is 2.79 bits per heavy atom. The molecule has 0 aliphatic carbocycles. The van der Waals surface area contributed by atoms with Crippen molar-refractivity contribution < 1.29 is 28.7 Å². The molecule has 11 heteroatoms. The first-order valence-corrected chi connectivity index (χ1v) is 10.5. The number of carbonyl (C=O) groups excluding carboxylic acids is 4. The van der Waals surface area contributed by atoms with Gasteiger partial charge in [0.05, 0.1) is 11.2 Å². The molecule has 1 aromatic carbocycles. The summed E-state index contributed by atoms with van der Waals surface area (Å²) in [5, 5.41) is 5.46. The molecular formula is C23H23N5O6. The minimum atomic E-state index is -1.40. The second kappa shape index (κ2) is 8.93. The minimum Gasteiger partial charge on any atom is -0.486 e. The van der Waals surface area contributed by atoms with Crippen molar-refractivity contribution in [2.24, 2.45) is 0 Å². The van der Waals surface area contributed by atoms with E-state index in [1.54, 1.807) is 6.07 Å². The van der Waals surface area contributed by atoms with Crippen LogP contribution in [0.5, 0.6) is 5.75 Å². The number of amides is 2. The summed E-state index contributed by atoms with van der Waals surface area (Å²) < 4.78 is 10.4. The molecule has 176 valence electrons. The van der Waals surface area contributed by atoms with E-state index >= 15 is 0 Å². The summed E-state index contributed by atoms with van der Waals surface area (Å²) in [4.78, 5) is 59.4. The van der Waals surface area contributed by atoms with Gasteiger partial charge in [-0.1, -0.05) is 6.07 Å². The first kappa shape index (κ1) is 22.9. The van der Waals surface area contributed by atoms with Crippen molar-refractivity contribution in [3.63, 3.8) is 0 Å². The Bertz CT molecular complexity index is 1310. The summed E-state index contributed by atoms with van der Waals surface area (Å²) in [6.07, 6.45) is 3.01. The van der Waals surface area contributed by atoms with Crippen molar-refractivity contribution in [2.45, 2.75) is 39.3 Å². The van der Waals surface area contributed by atoms with Crippen molar-refractivity contribution in [1.82, 2.24) is 20.3 Å². The van der Waals surface area contributed by atoms with E-state index in [9.17, 15) is 19.2 Å². The number of anilines is 1. The first-order valence-electron chi connectivity index (χ1n) is 10.5. The standard InChI is InChI=1S/C23H23N5O6/c1-12(29)34-23(2,3)22(32)28-16-9-24-19-18(16)26-11-27-20(19)21(31)25-8-13-4-5-17-14(6-13)7-15(30)10-33-17/h4-6,9,11,24H,7-8,10H2,1-3H3,(H,25,31)(H,28,32). The second-order valence-corrected chi connectivity index (χ2v) is 8.34. The van der Waals surface area contributed by atoms with E-state index in [0.29, 0.717) is 28.9 Å². The topological polar surface area (TPSA) is 152 Å². The van der Waals surface area contributed by atoms with Gasteiger partial charge < -0.3 is 25.1 Å². The lowest BCUT2D eigenvalue weighted by molar-refractivity contribution is -0.160. The lowest BCUT2D eigenvalue weighted by atomic mass is 10.0. The third kappa shape index (κ3) is 4.72. The molecule has 0 spiro atoms. The number of esters is 1. The summed E-state index contributed by atoms with van der Waals surface area (Å²) in [6.45, 7) is 4.44. The average Bonchev–Trinajstić information content (AvgIpc) is 3.19. The molecular weight excluding hydrogens is 442 g/mol. The lowest BCUT2D eigenvalue weighted by Crippen LogP contribution is -2.41. The summed E-state index contributed by atoms with van der Waals surface area (Å²) in [6, 6.07) is 5.43. The van der Waals surface area contributed by atoms with Crippen LogP contribution in [0.4, 0.5) is 5.69 Å². The number of hydrogen-bond donors (Lipinski definition) is 3. The monoisotopic (exact) mass is 465 g/mol. The van der Waals surface area contributed by atoms with Gasteiger partial charge in [-0.15, -0.1) is 0 Å². The van der Waals surface area contributed by atoms with E-state index in [0.717, 1.165) is 11.1 Å². The number of benzene rings is 1. The minimum absolute atomic E-state index is 0.00273. The molecule has 1 aliphatic rings. The Labute approximate surface area is 194 Å². The van der Waals surface area contributed by atoms with Crippen LogP contribution in [0.25, 0.3) is 11.0 Å². The van der Waals surface area contributed by atoms with Crippen LogP contribution in [0.2, 0.25) is 0 Å². The maximum absolute atomic E-state index is 12.8. The third-order valence-corrected chi connectivity index (χ3v) is 5.23. The van der Waals surface area contributed by atoms with Gasteiger partial charge in [-0.25, -0.2) is 9.97 Å². The van der Waals surface area contributed by atoms with Gasteiger partial charge in [0, 0.05) is 31.6 Å². The van der Waals surface area contributed by atoms with E-state index < -0.39 is 23.4 Å². The highest BCUT2D eigenvalue weighted by Gasteiger charge is 2.32. The number of hydrogen-bond acceptors (Lipinski definition) is 8. The van der Waals surface area contributed by atoms with E-state index in [1.807, 2.05) is 12.1 Å². The van der Waals surface area contributed by atoms with Gasteiger partial charge in [0.25, 0.3) is 11.8 Å². The van der Waals surface area contributed by atoms with Crippen LogP contribution in [0.3, 0.4) is 0 Å². The van der Waals surface area contributed by atoms with Crippen LogP contribution in [0.15, 0.2) is 30.7 Å². The van der Waals surface area contributed by atoms with Crippen LogP contribution in [0.1, 0.15) is 42.4 Å². The molecule has 3 N–H and O–H groups in total. The number of ether oxygens (including phenoxy) is 2. The zero-order chi connectivity index (χ0) is 24.5. The van der Waals surface area contributed by atoms with Gasteiger partial charge in [0.1, 0.15) is 24.2 Å². The number of rotatable bonds is 6. The summed E-state index contributed by atoms with van der Waals surface area (Å²) >= 11 is 0. The predicted octanol–water partition coefficient (Wildman–Crippen LogP) is 1.67. The molecule has 0 unspecified atom stereocenters. The van der Waals surface area contributed by atoms with Crippen molar-refractivity contribution >= 4 is 40.3 Å². The predicted molar refractivity (Wildman–Crippen MR) is 120 cm³/mol. The molecule has 0 fully saturated rings. The number of H-pyrrole nitrogens is 1. The largest absolute Gasteiger partial charge is 0.486 e. The number of fused-ring (bicyclic) bond motifs is 2. The quantitative estimate of drug-likeness (QED) is 0.465. The van der Waals surface area contributed by atoms with E-state index in [4.69, 9.17) is 9.47 Å². The Hall–Kier alpha value is -4.28. The Kier molecular flexibility index (Phi) is 6.01. The summed E-state index contributed by atoms with van der Waals surface area (Å²) in [7, 11) is 0. The molecule has 0 radical (unpaired) electrons. The molecule has 3 aromatic rings. The third-order valence-electron chi connectivity index (χ3n) is 5.23. The number of Topliss-reactive ketones (excluding diaryl/α,β-unsaturated/α-hetero) is 1. The average molecular weight is 465 g/mol. The SMILES string of the molecule is CC(=O)OC(C)(C)C(=O)Nc1c[nH]c2c(C(=O)NCc3ccc4c(c3)CC(=O)CO4)ncnc12. The van der Waals surface area contributed by atoms with Gasteiger partial charge >= 0.3 is 5.97 Å². The van der Waals surface area contributed by atoms with E-state index in [2.05, 4.69) is 25.6 Å². The molecule has 1 aliphatic heterocycles. The summed E-state index contributed by atoms with van der Waals surface area (Å²) in [5.41, 5.74) is 1.28. The zero-order valence-electron chi connectivity index (χ0n) is 18.9. The zero-order valence-corrected chi connectivity index (χ0v) is 18.9. The van der Waals surface area contributed by atoms with Crippen molar-refractivity contribution in [3.8, 4) is 5.75 Å². The fourth-order valence-electron chi connectivity index (χ4n) is 3.59. The summed E-state index contributed by atoms with van der Waals surface area (Å²) in [5.74, 6) is -0.910. The smallest absolute Gasteiger partial charge is 0.303 e. The molecule has 2 aromatic heterocycles. The van der Waals surface area contributed by atoms with E-state index in [1.165, 1.54) is 33.3 Å². The van der Waals surface area contributed by atoms with Crippen molar-refractivity contribution in [3.05, 3.63) is 47.5 Å². The normalized spacial score (nSPS) is 13.1. The van der Waals surface area contributed by atoms with Crippen LogP contribution in [0, 0.1) is 0 Å². The number of carbonyl (C=O) groups is 4. The Morgan fingerprint density at radius 2 is 2.03 bits per heavy atom. The number of nitrogens with one attached hydrogen (secondary N) is 3. The Morgan fingerprint density at radius 1 is 1.24 bits per heavy atom. The number of ketones is 1. The number of aromatic amines is 1. The first-order chi connectivity index (χ1) is 16.1. The van der Waals surface area contributed by atoms with Crippen LogP contribution in [-0.4, -0.2) is 50.7 Å². The lowest BCUT2D eigenvalue weighted by Gasteiger charge is -2.22. The number of aromatic nitrogens is 3. The molecule has 3 heterocycles. The van der Waals surface area contributed by atoms with Gasteiger partial charge in [0.15, 0.2) is 17.1 Å². The molecule has 0 atom stereocenters. The molecule has 11 nitrogen and oxygen atoms in total. The molecule has 34 heavy (non-hydrogen) atoms. The van der Waals surface area contributed by atoms with Crippen LogP contribution >= 0.6 is 0 Å². The van der Waals surface area contributed by atoms with E-state index in [-0.39, 0.29) is 24.6 Å². The van der Waals surface area contributed by atoms with Gasteiger partial charge in [0.2, 0.25) is 0 Å². The van der Waals surface area contributed by atoms with Crippen molar-refractivity contribution in [1.29, 1.82) is 0 Å². The van der Waals surface area contributed by atoms with Gasteiger partial charge in [-0.3, -0.25) is 19.2 Å². The fourth-order valence-corrected chi connectivity index (χ4v) is 3.59. The van der Waals surface area contributed by atoms with Gasteiger partial charge in [-0.2, -0.15) is 0 Å². The highest BCUT2D eigenvalue weighted by Crippen LogP contribution is 2.26. The maximum atomic E-state index is 12.8. The van der Waals surface area contributed by atoms with Crippen molar-refractivity contribution in [2.75, 3.05) is 11.9 Å². The molecule has 2 amide bonds. The Balaban J connectivity index is 1.48. The van der Waals surface area contributed by atoms with Gasteiger partial charge in [-0.05, 0) is 31.5 Å². The molecule has 0 bridgehead atoms. The second-order valence-electron chi connectivity index (χ2n) is 8.34. The highest BCUT2D eigenvalue weighted by atomic mass is 16.6. The maximum Gasteiger partial charge on any atom is 0.303 e.